The number of hydrogen-bond acceptors (Lipinski definition) is 3. The lowest BCUT2D eigenvalue weighted by Gasteiger charge is -2.16. The topological polar surface area (TPSA) is 63.7 Å². The zero-order valence-corrected chi connectivity index (χ0v) is 12.1. The largest absolute Gasteiger partial charge is 0.472 e. The van der Waals surface area contributed by atoms with E-state index in [4.69, 9.17) is 10.5 Å². The van der Waals surface area contributed by atoms with Crippen molar-refractivity contribution in [1.82, 2.24) is 9.88 Å². The highest BCUT2D eigenvalue weighted by atomic mass is 127. The van der Waals surface area contributed by atoms with Crippen LogP contribution >= 0.6 is 24.0 Å². The second-order valence-electron chi connectivity index (χ2n) is 3.72. The summed E-state index contributed by atoms with van der Waals surface area (Å²) in [5.74, 6) is 1.24. The SMILES string of the molecule is CN=C(N)N1CCC(Oc2ccccn2)C1.I. The van der Waals surface area contributed by atoms with E-state index in [1.54, 1.807) is 13.2 Å². The van der Waals surface area contributed by atoms with Crippen molar-refractivity contribution in [2.75, 3.05) is 20.1 Å². The van der Waals surface area contributed by atoms with Crippen LogP contribution in [0.4, 0.5) is 0 Å². The first-order valence-electron chi connectivity index (χ1n) is 5.34. The molecule has 1 saturated heterocycles. The third-order valence-corrected chi connectivity index (χ3v) is 2.62. The van der Waals surface area contributed by atoms with Crippen molar-refractivity contribution in [3.8, 4) is 5.88 Å². The number of pyridine rings is 1. The molecule has 2 rings (SSSR count). The van der Waals surface area contributed by atoms with E-state index in [9.17, 15) is 0 Å². The van der Waals surface area contributed by atoms with Gasteiger partial charge in [0, 0.05) is 32.3 Å². The molecule has 5 nitrogen and oxygen atoms in total. The molecule has 17 heavy (non-hydrogen) atoms. The molecule has 0 bridgehead atoms. The molecule has 0 spiro atoms. The maximum Gasteiger partial charge on any atom is 0.213 e. The van der Waals surface area contributed by atoms with Crippen molar-refractivity contribution in [1.29, 1.82) is 0 Å². The first-order valence-corrected chi connectivity index (χ1v) is 5.34. The van der Waals surface area contributed by atoms with Crippen LogP contribution in [0.3, 0.4) is 0 Å². The summed E-state index contributed by atoms with van der Waals surface area (Å²) in [5, 5.41) is 0. The Kier molecular flexibility index (Phi) is 5.46. The monoisotopic (exact) mass is 348 g/mol. The van der Waals surface area contributed by atoms with Gasteiger partial charge in [-0.15, -0.1) is 24.0 Å². The third-order valence-electron chi connectivity index (χ3n) is 2.62. The first kappa shape index (κ1) is 14.0. The number of nitrogens with two attached hydrogens (primary N) is 1. The summed E-state index contributed by atoms with van der Waals surface area (Å²) in [6, 6.07) is 5.65. The molecule has 1 fully saturated rings. The summed E-state index contributed by atoms with van der Waals surface area (Å²) in [7, 11) is 1.70. The van der Waals surface area contributed by atoms with Crippen LogP contribution in [0.25, 0.3) is 0 Å². The standard InChI is InChI=1S/C11H16N4O.HI/c1-13-11(12)15-7-5-9(8-15)16-10-4-2-3-6-14-10;/h2-4,6,9H,5,7-8H2,1H3,(H2,12,13);1H. The number of guanidine groups is 1. The normalized spacial score (nSPS) is 19.9. The number of aromatic nitrogens is 1. The highest BCUT2D eigenvalue weighted by Crippen LogP contribution is 2.15. The molecule has 6 heteroatoms. The summed E-state index contributed by atoms with van der Waals surface area (Å²) in [5.41, 5.74) is 5.74. The Hall–Kier alpha value is -1.05. The Morgan fingerprint density at radius 1 is 1.59 bits per heavy atom. The number of aliphatic imine (C=N–C) groups is 1. The lowest BCUT2D eigenvalue weighted by molar-refractivity contribution is 0.206. The third kappa shape index (κ3) is 3.72. The molecular weight excluding hydrogens is 331 g/mol. The van der Waals surface area contributed by atoms with E-state index in [1.807, 2.05) is 23.1 Å². The van der Waals surface area contributed by atoms with Gasteiger partial charge < -0.3 is 15.4 Å². The smallest absolute Gasteiger partial charge is 0.213 e. The van der Waals surface area contributed by atoms with E-state index in [-0.39, 0.29) is 30.1 Å². The Labute approximate surface area is 118 Å². The molecule has 2 heterocycles. The van der Waals surface area contributed by atoms with Crippen LogP contribution in [0.2, 0.25) is 0 Å². The fraction of sp³-hybridized carbons (Fsp3) is 0.455. The van der Waals surface area contributed by atoms with E-state index < -0.39 is 0 Å². The molecule has 1 aliphatic heterocycles. The molecular formula is C11H17IN4O. The number of hydrogen-bond donors (Lipinski definition) is 1. The van der Waals surface area contributed by atoms with Gasteiger partial charge in [0.2, 0.25) is 5.88 Å². The van der Waals surface area contributed by atoms with Gasteiger partial charge in [0.1, 0.15) is 6.10 Å². The van der Waals surface area contributed by atoms with Crippen molar-refractivity contribution >= 4 is 29.9 Å². The molecule has 1 aromatic heterocycles. The van der Waals surface area contributed by atoms with Crippen LogP contribution in [0, 0.1) is 0 Å². The summed E-state index contributed by atoms with van der Waals surface area (Å²) in [6.45, 7) is 1.67. The maximum atomic E-state index is 5.74. The van der Waals surface area contributed by atoms with Crippen LogP contribution in [0.1, 0.15) is 6.42 Å². The minimum atomic E-state index is 0. The van der Waals surface area contributed by atoms with Crippen molar-refractivity contribution in [2.45, 2.75) is 12.5 Å². The fourth-order valence-corrected chi connectivity index (χ4v) is 1.76. The van der Waals surface area contributed by atoms with Crippen LogP contribution in [0.5, 0.6) is 5.88 Å². The molecule has 1 aromatic rings. The van der Waals surface area contributed by atoms with Gasteiger partial charge in [-0.25, -0.2) is 4.98 Å². The number of rotatable bonds is 2. The Morgan fingerprint density at radius 2 is 2.41 bits per heavy atom. The molecule has 1 atom stereocenters. The molecule has 1 unspecified atom stereocenters. The number of likely N-dealkylation sites (tertiary alicyclic amines) is 1. The van der Waals surface area contributed by atoms with Crippen molar-refractivity contribution in [2.24, 2.45) is 10.7 Å². The van der Waals surface area contributed by atoms with Crippen molar-refractivity contribution in [3.05, 3.63) is 24.4 Å². The molecule has 94 valence electrons. The summed E-state index contributed by atoms with van der Waals surface area (Å²) in [6.07, 6.45) is 2.83. The van der Waals surface area contributed by atoms with Gasteiger partial charge in [0.25, 0.3) is 0 Å². The predicted octanol–water partition coefficient (Wildman–Crippen LogP) is 1.10. The zero-order chi connectivity index (χ0) is 11.4. The minimum Gasteiger partial charge on any atom is -0.472 e. The number of ether oxygens (including phenoxy) is 1. The summed E-state index contributed by atoms with van der Waals surface area (Å²) >= 11 is 0. The summed E-state index contributed by atoms with van der Waals surface area (Å²) < 4.78 is 5.74. The Balaban J connectivity index is 0.00000144. The lowest BCUT2D eigenvalue weighted by Crippen LogP contribution is -2.36. The molecule has 2 N–H and O–H groups in total. The average molecular weight is 348 g/mol. The van der Waals surface area contributed by atoms with E-state index in [2.05, 4.69) is 9.98 Å². The first-order chi connectivity index (χ1) is 7.79. The van der Waals surface area contributed by atoms with Crippen LogP contribution < -0.4 is 10.5 Å². The zero-order valence-electron chi connectivity index (χ0n) is 9.74. The van der Waals surface area contributed by atoms with Gasteiger partial charge in [-0.05, 0) is 6.07 Å². The van der Waals surface area contributed by atoms with Crippen LogP contribution in [-0.4, -0.2) is 42.1 Å². The highest BCUT2D eigenvalue weighted by molar-refractivity contribution is 14.0. The molecule has 0 aliphatic carbocycles. The maximum absolute atomic E-state index is 5.74. The molecule has 0 aromatic carbocycles. The quantitative estimate of drug-likeness (QED) is 0.494. The van der Waals surface area contributed by atoms with Gasteiger partial charge in [-0.2, -0.15) is 0 Å². The van der Waals surface area contributed by atoms with Gasteiger partial charge >= 0.3 is 0 Å². The van der Waals surface area contributed by atoms with Crippen LogP contribution in [0.15, 0.2) is 29.4 Å². The lowest BCUT2D eigenvalue weighted by atomic mass is 10.3. The molecule has 0 amide bonds. The second-order valence-corrected chi connectivity index (χ2v) is 3.72. The minimum absolute atomic E-state index is 0. The van der Waals surface area contributed by atoms with Gasteiger partial charge in [0.15, 0.2) is 5.96 Å². The van der Waals surface area contributed by atoms with Crippen LogP contribution in [-0.2, 0) is 0 Å². The van der Waals surface area contributed by atoms with Crippen molar-refractivity contribution < 1.29 is 4.74 Å². The Bertz CT molecular complexity index is 371. The highest BCUT2D eigenvalue weighted by Gasteiger charge is 2.25. The van der Waals surface area contributed by atoms with E-state index in [0.717, 1.165) is 19.5 Å². The van der Waals surface area contributed by atoms with E-state index in [0.29, 0.717) is 11.8 Å². The molecule has 1 aliphatic rings. The van der Waals surface area contributed by atoms with E-state index in [1.165, 1.54) is 0 Å². The second kappa shape index (κ2) is 6.63. The fourth-order valence-electron chi connectivity index (χ4n) is 1.76. The Morgan fingerprint density at radius 3 is 3.06 bits per heavy atom. The van der Waals surface area contributed by atoms with Crippen molar-refractivity contribution in [3.63, 3.8) is 0 Å². The van der Waals surface area contributed by atoms with Gasteiger partial charge in [0.05, 0.1) is 6.54 Å². The van der Waals surface area contributed by atoms with Gasteiger partial charge in [-0.3, -0.25) is 4.99 Å². The van der Waals surface area contributed by atoms with Gasteiger partial charge in [-0.1, -0.05) is 6.07 Å². The predicted molar refractivity (Wildman–Crippen MR) is 77.8 cm³/mol. The average Bonchev–Trinajstić information content (AvgIpc) is 2.78. The van der Waals surface area contributed by atoms with E-state index >= 15 is 0 Å². The number of nitrogens with zero attached hydrogens (tertiary/aromatic N) is 3. The summed E-state index contributed by atoms with van der Waals surface area (Å²) in [4.78, 5) is 10.1. The molecule has 0 saturated carbocycles. The number of halogens is 1. The molecule has 0 radical (unpaired) electrons.